The number of nitrogens with zero attached hydrogens (tertiary/aromatic N) is 2. The van der Waals surface area contributed by atoms with Crippen molar-refractivity contribution in [2.45, 2.75) is 58.3 Å². The first kappa shape index (κ1) is 22.7. The number of aromatic nitrogens is 2. The second-order valence-corrected chi connectivity index (χ2v) is 10.4. The fourth-order valence-corrected chi connectivity index (χ4v) is 4.95. The lowest BCUT2D eigenvalue weighted by molar-refractivity contribution is 0.00578. The molecule has 5 nitrogen and oxygen atoms in total. The molecule has 0 atom stereocenters. The second-order valence-electron chi connectivity index (χ2n) is 9.63. The Labute approximate surface area is 204 Å². The van der Waals surface area contributed by atoms with Crippen molar-refractivity contribution in [2.75, 3.05) is 0 Å². The zero-order valence-electron chi connectivity index (χ0n) is 19.1. The Kier molecular flexibility index (Phi) is 5.48. The minimum atomic E-state index is -0.574. The Bertz CT molecular complexity index is 1250. The van der Waals surface area contributed by atoms with Crippen LogP contribution < -0.4 is 5.46 Å². The van der Waals surface area contributed by atoms with Gasteiger partial charge in [0, 0.05) is 40.1 Å². The van der Waals surface area contributed by atoms with Gasteiger partial charge in [-0.25, -0.2) is 0 Å². The van der Waals surface area contributed by atoms with E-state index >= 15 is 0 Å². The molecule has 3 heterocycles. The van der Waals surface area contributed by atoms with Crippen molar-refractivity contribution in [3.05, 3.63) is 58.2 Å². The number of ketones is 1. The summed E-state index contributed by atoms with van der Waals surface area (Å²) in [6.45, 7) is 8.79. The molecule has 0 N–H and O–H groups in total. The zero-order valence-corrected chi connectivity index (χ0v) is 20.6. The predicted molar refractivity (Wildman–Crippen MR) is 132 cm³/mol. The van der Waals surface area contributed by atoms with Crippen LogP contribution in [0.2, 0.25) is 10.0 Å². The third-order valence-electron chi connectivity index (χ3n) is 6.94. The quantitative estimate of drug-likeness (QED) is 0.442. The molecule has 170 valence electrons. The van der Waals surface area contributed by atoms with Crippen LogP contribution in [0.5, 0.6) is 0 Å². The standard InChI is InChI=1S/C25H25BCl2N2O3/c1-24(2)25(3,4)33-26(32-24)18-11-6-9-16(23(18)28)15-8-5-10-17(22(15)27)19-14-20-21(31)12-7-13-30(20)29-19/h5-6,8-11,14H,7,12-13H2,1-4H3. The molecule has 0 radical (unpaired) electrons. The molecule has 0 unspecified atom stereocenters. The molecule has 1 fully saturated rings. The van der Waals surface area contributed by atoms with Gasteiger partial charge < -0.3 is 9.31 Å². The molecule has 33 heavy (non-hydrogen) atoms. The summed E-state index contributed by atoms with van der Waals surface area (Å²) < 4.78 is 14.2. The van der Waals surface area contributed by atoms with Gasteiger partial charge in [0.05, 0.1) is 21.9 Å². The maximum absolute atomic E-state index is 12.3. The van der Waals surface area contributed by atoms with Crippen LogP contribution in [0, 0.1) is 0 Å². The van der Waals surface area contributed by atoms with E-state index in [4.69, 9.17) is 32.5 Å². The van der Waals surface area contributed by atoms with E-state index in [-0.39, 0.29) is 5.78 Å². The summed E-state index contributed by atoms with van der Waals surface area (Å²) in [7, 11) is -0.574. The van der Waals surface area contributed by atoms with Gasteiger partial charge in [0.15, 0.2) is 5.78 Å². The number of carbonyl (C=O) groups excluding carboxylic acids is 1. The highest BCUT2D eigenvalue weighted by Gasteiger charge is 2.52. The molecule has 5 rings (SSSR count). The van der Waals surface area contributed by atoms with E-state index in [1.807, 2.05) is 70.2 Å². The van der Waals surface area contributed by atoms with Gasteiger partial charge in [-0.15, -0.1) is 0 Å². The predicted octanol–water partition coefficient (Wildman–Crippen LogP) is 5.80. The van der Waals surface area contributed by atoms with Gasteiger partial charge in [0.1, 0.15) is 5.69 Å². The molecular weight excluding hydrogens is 458 g/mol. The van der Waals surface area contributed by atoms with Crippen LogP contribution in [0.15, 0.2) is 42.5 Å². The fourth-order valence-electron chi connectivity index (χ4n) is 4.31. The third-order valence-corrected chi connectivity index (χ3v) is 7.77. The SMILES string of the molecule is CC1(C)OB(c2cccc(-c3cccc(-c4cc5n(n4)CCCC5=O)c3Cl)c2Cl)OC1(C)C. The summed E-state index contributed by atoms with van der Waals surface area (Å²) in [5.41, 5.74) is 3.49. The number of fused-ring (bicyclic) bond motifs is 1. The number of aryl methyl sites for hydroxylation is 1. The Hall–Kier alpha value is -2.12. The molecule has 3 aromatic rings. The maximum atomic E-state index is 12.3. The average Bonchev–Trinajstić information content (AvgIpc) is 3.27. The number of rotatable bonds is 3. The Morgan fingerprint density at radius 1 is 0.939 bits per heavy atom. The van der Waals surface area contributed by atoms with Gasteiger partial charge in [-0.3, -0.25) is 9.48 Å². The van der Waals surface area contributed by atoms with E-state index in [2.05, 4.69) is 5.10 Å². The fraction of sp³-hybridized carbons (Fsp3) is 0.360. The Balaban J connectivity index is 1.56. The van der Waals surface area contributed by atoms with Crippen molar-refractivity contribution in [3.63, 3.8) is 0 Å². The minimum Gasteiger partial charge on any atom is -0.399 e. The van der Waals surface area contributed by atoms with Gasteiger partial charge in [-0.2, -0.15) is 5.10 Å². The molecule has 0 amide bonds. The van der Waals surface area contributed by atoms with Crippen LogP contribution in [0.1, 0.15) is 51.0 Å². The summed E-state index contributed by atoms with van der Waals surface area (Å²) in [5, 5.41) is 5.71. The molecule has 2 aliphatic rings. The van der Waals surface area contributed by atoms with E-state index in [9.17, 15) is 4.79 Å². The summed E-state index contributed by atoms with van der Waals surface area (Å²) in [6.07, 6.45) is 1.36. The maximum Gasteiger partial charge on any atom is 0.496 e. The lowest BCUT2D eigenvalue weighted by Gasteiger charge is -2.32. The summed E-state index contributed by atoms with van der Waals surface area (Å²) in [6, 6.07) is 13.4. The molecule has 0 bridgehead atoms. The monoisotopic (exact) mass is 482 g/mol. The van der Waals surface area contributed by atoms with Crippen molar-refractivity contribution in [1.29, 1.82) is 0 Å². The number of hydrogen-bond acceptors (Lipinski definition) is 4. The third kappa shape index (κ3) is 3.73. The summed E-state index contributed by atoms with van der Waals surface area (Å²) >= 11 is 13.8. The summed E-state index contributed by atoms with van der Waals surface area (Å²) in [5.74, 6) is 0.116. The molecule has 0 aliphatic carbocycles. The highest BCUT2D eigenvalue weighted by Crippen LogP contribution is 2.41. The van der Waals surface area contributed by atoms with E-state index in [0.29, 0.717) is 27.9 Å². The largest absolute Gasteiger partial charge is 0.496 e. The van der Waals surface area contributed by atoms with Crippen molar-refractivity contribution >= 4 is 41.6 Å². The normalized spacial score (nSPS) is 19.1. The number of carbonyl (C=O) groups is 1. The highest BCUT2D eigenvalue weighted by atomic mass is 35.5. The minimum absolute atomic E-state index is 0.116. The zero-order chi connectivity index (χ0) is 23.5. The first-order valence-electron chi connectivity index (χ1n) is 11.1. The van der Waals surface area contributed by atoms with Gasteiger partial charge in [0.2, 0.25) is 0 Å². The van der Waals surface area contributed by atoms with E-state index in [0.717, 1.165) is 35.1 Å². The second kappa shape index (κ2) is 7.98. The average molecular weight is 483 g/mol. The lowest BCUT2D eigenvalue weighted by atomic mass is 9.77. The van der Waals surface area contributed by atoms with Crippen molar-refractivity contribution in [3.8, 4) is 22.4 Å². The first-order valence-corrected chi connectivity index (χ1v) is 11.9. The van der Waals surface area contributed by atoms with Crippen LogP contribution in [-0.2, 0) is 15.9 Å². The Morgan fingerprint density at radius 3 is 2.21 bits per heavy atom. The topological polar surface area (TPSA) is 53.4 Å². The number of hydrogen-bond donors (Lipinski definition) is 0. The van der Waals surface area contributed by atoms with Crippen LogP contribution in [0.4, 0.5) is 0 Å². The molecule has 0 saturated carbocycles. The highest BCUT2D eigenvalue weighted by molar-refractivity contribution is 6.66. The van der Waals surface area contributed by atoms with Crippen LogP contribution >= 0.6 is 23.2 Å². The summed E-state index contributed by atoms with van der Waals surface area (Å²) in [4.78, 5) is 12.3. The van der Waals surface area contributed by atoms with E-state index in [1.165, 1.54) is 0 Å². The molecular formula is C25H25BCl2N2O3. The smallest absolute Gasteiger partial charge is 0.399 e. The molecule has 2 aromatic carbocycles. The van der Waals surface area contributed by atoms with E-state index < -0.39 is 18.3 Å². The van der Waals surface area contributed by atoms with Crippen molar-refractivity contribution in [1.82, 2.24) is 9.78 Å². The van der Waals surface area contributed by atoms with Gasteiger partial charge >= 0.3 is 7.12 Å². The van der Waals surface area contributed by atoms with E-state index in [1.54, 1.807) is 4.68 Å². The molecule has 8 heteroatoms. The molecule has 1 saturated heterocycles. The van der Waals surface area contributed by atoms with Gasteiger partial charge in [0.25, 0.3) is 0 Å². The number of benzene rings is 2. The van der Waals surface area contributed by atoms with Gasteiger partial charge in [-0.05, 0) is 40.2 Å². The first-order chi connectivity index (χ1) is 15.6. The lowest BCUT2D eigenvalue weighted by Crippen LogP contribution is -2.41. The van der Waals surface area contributed by atoms with Gasteiger partial charge in [-0.1, -0.05) is 59.6 Å². The van der Waals surface area contributed by atoms with Crippen molar-refractivity contribution < 1.29 is 14.1 Å². The number of halogens is 2. The van der Waals surface area contributed by atoms with Crippen LogP contribution in [0.3, 0.4) is 0 Å². The Morgan fingerprint density at radius 2 is 1.55 bits per heavy atom. The molecule has 2 aliphatic heterocycles. The van der Waals surface area contributed by atoms with Crippen molar-refractivity contribution in [2.24, 2.45) is 0 Å². The molecule has 1 aromatic heterocycles. The van der Waals surface area contributed by atoms with Crippen LogP contribution in [-0.4, -0.2) is 33.9 Å². The number of Topliss-reactive ketones (excluding diaryl/α,β-unsaturated/α-hetero) is 1. The molecule has 0 spiro atoms. The van der Waals surface area contributed by atoms with Crippen LogP contribution in [0.25, 0.3) is 22.4 Å².